The Morgan fingerprint density at radius 3 is 2.43 bits per heavy atom. The lowest BCUT2D eigenvalue weighted by Gasteiger charge is -2.33. The van der Waals surface area contributed by atoms with Crippen LogP contribution in [0.15, 0.2) is 30.3 Å². The standard InChI is InChI=1S/C17H20N2O4/c1-10-8-9-12(15(20)18-23-2)14-13(10)16(21)19(17(14)22)11-6-4-3-5-7-11/h3-7,10,12-14H,8-9H2,1-2H3,(H,18,20)/t10-,12+,13+,14+/m0/s1. The number of amides is 3. The molecule has 122 valence electrons. The van der Waals surface area contributed by atoms with Crippen LogP contribution in [-0.4, -0.2) is 24.8 Å². The molecule has 1 aromatic rings. The first-order chi connectivity index (χ1) is 11.1. The van der Waals surface area contributed by atoms with E-state index >= 15 is 0 Å². The number of fused-ring (bicyclic) bond motifs is 1. The molecule has 0 spiro atoms. The maximum absolute atomic E-state index is 12.9. The molecule has 1 saturated carbocycles. The highest BCUT2D eigenvalue weighted by atomic mass is 16.6. The molecule has 1 heterocycles. The highest BCUT2D eigenvalue weighted by Crippen LogP contribution is 2.46. The summed E-state index contributed by atoms with van der Waals surface area (Å²) in [5.74, 6) is -2.31. The number of hydrogen-bond acceptors (Lipinski definition) is 4. The third-order valence-corrected chi connectivity index (χ3v) is 4.93. The monoisotopic (exact) mass is 316 g/mol. The van der Waals surface area contributed by atoms with E-state index in [0.717, 1.165) is 6.42 Å². The molecule has 2 aliphatic rings. The molecule has 2 fully saturated rings. The van der Waals surface area contributed by atoms with Crippen molar-refractivity contribution in [2.24, 2.45) is 23.7 Å². The van der Waals surface area contributed by atoms with Gasteiger partial charge in [0.25, 0.3) is 0 Å². The Morgan fingerprint density at radius 1 is 1.13 bits per heavy atom. The average Bonchev–Trinajstić information content (AvgIpc) is 2.81. The Kier molecular flexibility index (Phi) is 4.17. The molecule has 23 heavy (non-hydrogen) atoms. The van der Waals surface area contributed by atoms with Crippen LogP contribution in [0.1, 0.15) is 19.8 Å². The van der Waals surface area contributed by atoms with Crippen LogP contribution in [0.5, 0.6) is 0 Å². The number of anilines is 1. The van der Waals surface area contributed by atoms with Gasteiger partial charge in [0.05, 0.1) is 30.6 Å². The summed E-state index contributed by atoms with van der Waals surface area (Å²) in [6.45, 7) is 1.97. The van der Waals surface area contributed by atoms with Crippen LogP contribution in [0.4, 0.5) is 5.69 Å². The van der Waals surface area contributed by atoms with E-state index < -0.39 is 17.8 Å². The SMILES string of the molecule is CONC(=O)[C@@H]1CC[C@H](C)[C@H]2C(=O)N(c3ccccc3)C(=O)[C@@H]21. The molecule has 1 aliphatic heterocycles. The van der Waals surface area contributed by atoms with Crippen LogP contribution in [0.3, 0.4) is 0 Å². The van der Waals surface area contributed by atoms with Gasteiger partial charge < -0.3 is 0 Å². The first kappa shape index (κ1) is 15.7. The number of carbonyl (C=O) groups excluding carboxylic acids is 3. The molecule has 3 amide bonds. The maximum atomic E-state index is 12.9. The number of nitrogens with zero attached hydrogens (tertiary/aromatic N) is 1. The predicted molar refractivity (Wildman–Crippen MR) is 83.0 cm³/mol. The number of nitrogens with one attached hydrogen (secondary N) is 1. The third kappa shape index (κ3) is 2.53. The summed E-state index contributed by atoms with van der Waals surface area (Å²) in [5, 5.41) is 0. The van der Waals surface area contributed by atoms with Crippen molar-refractivity contribution in [2.75, 3.05) is 12.0 Å². The second-order valence-electron chi connectivity index (χ2n) is 6.23. The van der Waals surface area contributed by atoms with Gasteiger partial charge >= 0.3 is 0 Å². The van der Waals surface area contributed by atoms with E-state index in [4.69, 9.17) is 4.84 Å². The van der Waals surface area contributed by atoms with Gasteiger partial charge in [0, 0.05) is 0 Å². The summed E-state index contributed by atoms with van der Waals surface area (Å²) in [6.07, 6.45) is 1.32. The molecule has 6 heteroatoms. The van der Waals surface area contributed by atoms with E-state index in [1.807, 2.05) is 13.0 Å². The van der Waals surface area contributed by atoms with Crippen LogP contribution < -0.4 is 10.4 Å². The summed E-state index contributed by atoms with van der Waals surface area (Å²) in [5.41, 5.74) is 2.88. The van der Waals surface area contributed by atoms with Gasteiger partial charge in [-0.1, -0.05) is 25.1 Å². The topological polar surface area (TPSA) is 75.7 Å². The molecule has 1 saturated heterocycles. The Hall–Kier alpha value is -2.21. The van der Waals surface area contributed by atoms with Gasteiger partial charge in [-0.2, -0.15) is 0 Å². The van der Waals surface area contributed by atoms with E-state index in [9.17, 15) is 14.4 Å². The molecule has 1 aromatic carbocycles. The molecule has 0 radical (unpaired) electrons. The molecule has 4 atom stereocenters. The van der Waals surface area contributed by atoms with Crippen molar-refractivity contribution in [3.63, 3.8) is 0 Å². The fraction of sp³-hybridized carbons (Fsp3) is 0.471. The first-order valence-electron chi connectivity index (χ1n) is 7.82. The number of para-hydroxylation sites is 1. The zero-order chi connectivity index (χ0) is 16.6. The second kappa shape index (κ2) is 6.12. The molecule has 0 unspecified atom stereocenters. The van der Waals surface area contributed by atoms with Gasteiger partial charge in [0.1, 0.15) is 0 Å². The van der Waals surface area contributed by atoms with Gasteiger partial charge in [-0.25, -0.2) is 5.48 Å². The van der Waals surface area contributed by atoms with E-state index in [2.05, 4.69) is 5.48 Å². The van der Waals surface area contributed by atoms with Crippen LogP contribution in [0.2, 0.25) is 0 Å². The molecular formula is C17H20N2O4. The van der Waals surface area contributed by atoms with Crippen molar-refractivity contribution < 1.29 is 19.2 Å². The minimum absolute atomic E-state index is 0.0803. The quantitative estimate of drug-likeness (QED) is 0.677. The molecule has 0 bridgehead atoms. The minimum Gasteiger partial charge on any atom is -0.277 e. The van der Waals surface area contributed by atoms with E-state index in [0.29, 0.717) is 12.1 Å². The van der Waals surface area contributed by atoms with Gasteiger partial charge in [0.15, 0.2) is 0 Å². The fourth-order valence-corrected chi connectivity index (χ4v) is 3.84. The van der Waals surface area contributed by atoms with E-state index in [-0.39, 0.29) is 23.6 Å². The third-order valence-electron chi connectivity index (χ3n) is 4.93. The van der Waals surface area contributed by atoms with Crippen molar-refractivity contribution in [3.05, 3.63) is 30.3 Å². The molecule has 1 aliphatic carbocycles. The summed E-state index contributed by atoms with van der Waals surface area (Å²) in [6, 6.07) is 8.88. The highest BCUT2D eigenvalue weighted by molar-refractivity contribution is 6.23. The lowest BCUT2D eigenvalue weighted by molar-refractivity contribution is -0.144. The Morgan fingerprint density at radius 2 is 1.78 bits per heavy atom. The summed E-state index contributed by atoms with van der Waals surface area (Å²) in [4.78, 5) is 43.9. The van der Waals surface area contributed by atoms with Gasteiger partial charge in [-0.15, -0.1) is 0 Å². The minimum atomic E-state index is -0.610. The average molecular weight is 316 g/mol. The summed E-state index contributed by atoms with van der Waals surface area (Å²) < 4.78 is 0. The molecule has 3 rings (SSSR count). The number of hydrogen-bond donors (Lipinski definition) is 1. The lowest BCUT2D eigenvalue weighted by Crippen LogP contribution is -2.43. The van der Waals surface area contributed by atoms with Gasteiger partial charge in [-0.05, 0) is 30.9 Å². The number of rotatable bonds is 3. The Labute approximate surface area is 134 Å². The van der Waals surface area contributed by atoms with Crippen LogP contribution >= 0.6 is 0 Å². The number of imide groups is 1. The lowest BCUT2D eigenvalue weighted by atomic mass is 9.68. The van der Waals surface area contributed by atoms with Crippen molar-refractivity contribution >= 4 is 23.4 Å². The van der Waals surface area contributed by atoms with Crippen molar-refractivity contribution in [2.45, 2.75) is 19.8 Å². The Balaban J connectivity index is 1.96. The van der Waals surface area contributed by atoms with Gasteiger partial charge in [-0.3, -0.25) is 24.1 Å². The number of hydroxylamine groups is 1. The zero-order valence-electron chi connectivity index (χ0n) is 13.2. The fourth-order valence-electron chi connectivity index (χ4n) is 3.84. The van der Waals surface area contributed by atoms with Gasteiger partial charge in [0.2, 0.25) is 17.7 Å². The zero-order valence-corrected chi connectivity index (χ0v) is 13.2. The second-order valence-corrected chi connectivity index (χ2v) is 6.23. The maximum Gasteiger partial charge on any atom is 0.247 e. The van der Waals surface area contributed by atoms with E-state index in [1.165, 1.54) is 12.0 Å². The largest absolute Gasteiger partial charge is 0.277 e. The van der Waals surface area contributed by atoms with E-state index in [1.54, 1.807) is 24.3 Å². The molecule has 0 aromatic heterocycles. The van der Waals surface area contributed by atoms with Crippen LogP contribution in [0.25, 0.3) is 0 Å². The smallest absolute Gasteiger partial charge is 0.247 e. The summed E-state index contributed by atoms with van der Waals surface area (Å²) >= 11 is 0. The molecular weight excluding hydrogens is 296 g/mol. The number of benzene rings is 1. The summed E-state index contributed by atoms with van der Waals surface area (Å²) in [7, 11) is 1.36. The van der Waals surface area contributed by atoms with Crippen LogP contribution in [0, 0.1) is 23.7 Å². The molecule has 6 nitrogen and oxygen atoms in total. The highest BCUT2D eigenvalue weighted by Gasteiger charge is 2.56. The van der Waals surface area contributed by atoms with Crippen molar-refractivity contribution in [3.8, 4) is 0 Å². The van der Waals surface area contributed by atoms with Crippen LogP contribution in [-0.2, 0) is 19.2 Å². The normalized spacial score (nSPS) is 30.3. The Bertz CT molecular complexity index is 631. The predicted octanol–water partition coefficient (Wildman–Crippen LogP) is 1.52. The molecule has 1 N–H and O–H groups in total. The van der Waals surface area contributed by atoms with Crippen molar-refractivity contribution in [1.29, 1.82) is 0 Å². The van der Waals surface area contributed by atoms with Crippen molar-refractivity contribution in [1.82, 2.24) is 5.48 Å². The number of carbonyl (C=O) groups is 3. The first-order valence-corrected chi connectivity index (χ1v) is 7.82.